The summed E-state index contributed by atoms with van der Waals surface area (Å²) < 4.78 is 1.000. The Morgan fingerprint density at radius 2 is 1.96 bits per heavy atom. The lowest BCUT2D eigenvalue weighted by Gasteiger charge is -2.18. The lowest BCUT2D eigenvalue weighted by atomic mass is 10.2. The van der Waals surface area contributed by atoms with Crippen LogP contribution in [0, 0.1) is 5.92 Å². The molecular weight excluding hydrogens is 334 g/mol. The van der Waals surface area contributed by atoms with E-state index in [2.05, 4.69) is 23.7 Å². The minimum absolute atomic E-state index is 0.155. The molecule has 1 atom stereocenters. The predicted molar refractivity (Wildman–Crippen MR) is 94.8 cm³/mol. The number of fused-ring (bicyclic) bond motifs is 1. The molecule has 2 aromatic heterocycles. The average molecular weight is 355 g/mol. The number of hydrogen-bond acceptors (Lipinski definition) is 6. The van der Waals surface area contributed by atoms with Gasteiger partial charge in [-0.25, -0.2) is 4.98 Å². The third kappa shape index (κ3) is 3.81. The smallest absolute Gasteiger partial charge is 0.308 e. The number of nitrogens with zero attached hydrogens (tertiary/aromatic N) is 3. The lowest BCUT2D eigenvalue weighted by molar-refractivity contribution is -0.141. The van der Waals surface area contributed by atoms with Crippen molar-refractivity contribution < 1.29 is 14.7 Å². The Bertz CT molecular complexity index is 674. The van der Waals surface area contributed by atoms with Crippen molar-refractivity contribution in [1.82, 2.24) is 9.88 Å². The molecule has 0 saturated carbocycles. The molecule has 0 aliphatic heterocycles. The molecule has 2 rings (SSSR count). The highest BCUT2D eigenvalue weighted by Crippen LogP contribution is 2.35. The van der Waals surface area contributed by atoms with Gasteiger partial charge in [0, 0.05) is 26.7 Å². The van der Waals surface area contributed by atoms with E-state index in [0.29, 0.717) is 4.88 Å². The van der Waals surface area contributed by atoms with Gasteiger partial charge >= 0.3 is 5.97 Å². The van der Waals surface area contributed by atoms with Crippen molar-refractivity contribution in [2.45, 2.75) is 20.8 Å². The average Bonchev–Trinajstić information content (AvgIpc) is 3.06. The van der Waals surface area contributed by atoms with Gasteiger partial charge in [0.15, 0.2) is 5.13 Å². The van der Waals surface area contributed by atoms with Gasteiger partial charge in [-0.15, -0.1) is 11.3 Å². The Morgan fingerprint density at radius 3 is 2.48 bits per heavy atom. The van der Waals surface area contributed by atoms with E-state index in [9.17, 15) is 9.59 Å². The number of aliphatic carboxylic acids is 1. The van der Waals surface area contributed by atoms with Crippen molar-refractivity contribution in [3.8, 4) is 0 Å². The molecule has 0 saturated heterocycles. The van der Waals surface area contributed by atoms with E-state index in [0.717, 1.165) is 27.8 Å². The van der Waals surface area contributed by atoms with Gasteiger partial charge in [0.25, 0.3) is 5.91 Å². The number of hydrogen-bond donors (Lipinski definition) is 1. The van der Waals surface area contributed by atoms with Crippen molar-refractivity contribution in [2.75, 3.05) is 31.6 Å². The van der Waals surface area contributed by atoms with E-state index in [1.165, 1.54) is 16.2 Å². The van der Waals surface area contributed by atoms with Gasteiger partial charge < -0.3 is 14.9 Å². The number of carboxylic acid groups (broad SMARTS) is 1. The maximum absolute atomic E-state index is 12.4. The van der Waals surface area contributed by atoms with Gasteiger partial charge in [-0.05, 0) is 19.9 Å². The SMILES string of the molecule is CCN(CC)c1nc2sc(C(=O)N(C)CC(C)C(=O)O)cc2s1. The number of rotatable bonds is 7. The van der Waals surface area contributed by atoms with Crippen molar-refractivity contribution >= 4 is 49.2 Å². The van der Waals surface area contributed by atoms with E-state index in [4.69, 9.17) is 5.11 Å². The summed E-state index contributed by atoms with van der Waals surface area (Å²) in [5.41, 5.74) is 0. The molecule has 126 valence electrons. The topological polar surface area (TPSA) is 73.7 Å². The lowest BCUT2D eigenvalue weighted by Crippen LogP contribution is -2.33. The minimum atomic E-state index is -0.901. The third-order valence-electron chi connectivity index (χ3n) is 3.64. The number of thiazole rings is 1. The standard InChI is InChI=1S/C15H21N3O3S2/c1-5-18(6-2)15-16-12-10(23-15)7-11(22-12)13(19)17(4)8-9(3)14(20)21/h7,9H,5-6,8H2,1-4H3,(H,20,21). The first kappa shape index (κ1) is 17.7. The molecule has 1 amide bonds. The number of carbonyl (C=O) groups is 2. The van der Waals surface area contributed by atoms with Crippen LogP contribution in [-0.4, -0.2) is 53.5 Å². The fraction of sp³-hybridized carbons (Fsp3) is 0.533. The Kier molecular flexibility index (Phi) is 5.59. The fourth-order valence-electron chi connectivity index (χ4n) is 2.22. The summed E-state index contributed by atoms with van der Waals surface area (Å²) in [6.07, 6.45) is 0. The first-order chi connectivity index (χ1) is 10.9. The fourth-order valence-corrected chi connectivity index (χ4v) is 4.55. The Balaban J connectivity index is 2.16. The van der Waals surface area contributed by atoms with Crippen LogP contribution in [0.15, 0.2) is 6.07 Å². The minimum Gasteiger partial charge on any atom is -0.481 e. The highest BCUT2D eigenvalue weighted by molar-refractivity contribution is 7.29. The van der Waals surface area contributed by atoms with Crippen LogP contribution in [-0.2, 0) is 4.79 Å². The van der Waals surface area contributed by atoms with E-state index in [1.54, 1.807) is 25.3 Å². The van der Waals surface area contributed by atoms with Crippen LogP contribution in [0.5, 0.6) is 0 Å². The van der Waals surface area contributed by atoms with Gasteiger partial charge in [0.2, 0.25) is 0 Å². The van der Waals surface area contributed by atoms with E-state index in [1.807, 2.05) is 6.07 Å². The van der Waals surface area contributed by atoms with Gasteiger partial charge in [0.05, 0.1) is 15.5 Å². The molecule has 8 heteroatoms. The number of carboxylic acids is 1. The van der Waals surface area contributed by atoms with Gasteiger partial charge in [-0.1, -0.05) is 18.3 Å². The van der Waals surface area contributed by atoms with Crippen LogP contribution in [0.4, 0.5) is 5.13 Å². The maximum Gasteiger partial charge on any atom is 0.308 e. The number of anilines is 1. The molecule has 6 nitrogen and oxygen atoms in total. The highest BCUT2D eigenvalue weighted by Gasteiger charge is 2.21. The molecule has 23 heavy (non-hydrogen) atoms. The van der Waals surface area contributed by atoms with Crippen LogP contribution in [0.3, 0.4) is 0 Å². The second kappa shape index (κ2) is 7.27. The Hall–Kier alpha value is -1.67. The molecule has 0 aliphatic rings. The van der Waals surface area contributed by atoms with Crippen molar-refractivity contribution in [2.24, 2.45) is 5.92 Å². The van der Waals surface area contributed by atoms with Crippen molar-refractivity contribution in [3.63, 3.8) is 0 Å². The summed E-state index contributed by atoms with van der Waals surface area (Å²) in [6, 6.07) is 1.86. The van der Waals surface area contributed by atoms with E-state index in [-0.39, 0.29) is 12.5 Å². The van der Waals surface area contributed by atoms with Crippen molar-refractivity contribution in [1.29, 1.82) is 0 Å². The van der Waals surface area contributed by atoms with E-state index >= 15 is 0 Å². The quantitative estimate of drug-likeness (QED) is 0.826. The molecular formula is C15H21N3O3S2. The molecule has 0 fully saturated rings. The molecule has 1 N–H and O–H groups in total. The summed E-state index contributed by atoms with van der Waals surface area (Å²) >= 11 is 2.95. The number of amides is 1. The van der Waals surface area contributed by atoms with Crippen LogP contribution < -0.4 is 4.90 Å². The molecule has 2 heterocycles. The zero-order valence-corrected chi connectivity index (χ0v) is 15.3. The second-order valence-electron chi connectivity index (χ2n) is 5.37. The molecule has 0 spiro atoms. The summed E-state index contributed by atoms with van der Waals surface area (Å²) in [5, 5.41) is 9.92. The summed E-state index contributed by atoms with van der Waals surface area (Å²) in [5.74, 6) is -1.64. The summed E-state index contributed by atoms with van der Waals surface area (Å²) in [4.78, 5) is 33.0. The van der Waals surface area contributed by atoms with Crippen molar-refractivity contribution in [3.05, 3.63) is 10.9 Å². The third-order valence-corrected chi connectivity index (χ3v) is 5.85. The first-order valence-corrected chi connectivity index (χ1v) is 9.14. The molecule has 0 aromatic carbocycles. The van der Waals surface area contributed by atoms with E-state index < -0.39 is 11.9 Å². The zero-order valence-electron chi connectivity index (χ0n) is 13.7. The van der Waals surface area contributed by atoms with Gasteiger partial charge in [-0.2, -0.15) is 0 Å². The summed E-state index contributed by atoms with van der Waals surface area (Å²) in [7, 11) is 1.63. The monoisotopic (exact) mass is 355 g/mol. The molecule has 1 unspecified atom stereocenters. The second-order valence-corrected chi connectivity index (χ2v) is 7.41. The first-order valence-electron chi connectivity index (χ1n) is 7.50. The Labute approximate surface area is 143 Å². The molecule has 0 radical (unpaired) electrons. The van der Waals surface area contributed by atoms with Crippen LogP contribution in [0.2, 0.25) is 0 Å². The van der Waals surface area contributed by atoms with Crippen LogP contribution >= 0.6 is 22.7 Å². The molecule has 2 aromatic rings. The van der Waals surface area contributed by atoms with Crippen LogP contribution in [0.1, 0.15) is 30.4 Å². The highest BCUT2D eigenvalue weighted by atomic mass is 32.1. The van der Waals surface area contributed by atoms with Crippen LogP contribution in [0.25, 0.3) is 9.53 Å². The largest absolute Gasteiger partial charge is 0.481 e. The predicted octanol–water partition coefficient (Wildman–Crippen LogP) is 3.00. The normalized spacial score (nSPS) is 12.3. The number of thiophene rings is 1. The van der Waals surface area contributed by atoms with Gasteiger partial charge in [-0.3, -0.25) is 9.59 Å². The number of aromatic nitrogens is 1. The molecule has 0 bridgehead atoms. The number of carbonyl (C=O) groups excluding carboxylic acids is 1. The zero-order chi connectivity index (χ0) is 17.1. The Morgan fingerprint density at radius 1 is 1.30 bits per heavy atom. The summed E-state index contributed by atoms with van der Waals surface area (Å²) in [6.45, 7) is 7.77. The maximum atomic E-state index is 12.4. The van der Waals surface area contributed by atoms with Gasteiger partial charge in [0.1, 0.15) is 4.83 Å². The molecule has 0 aliphatic carbocycles.